The Hall–Kier alpha value is -4.31. The summed E-state index contributed by atoms with van der Waals surface area (Å²) in [5, 5.41) is 3.11. The Morgan fingerprint density at radius 2 is 1.77 bits per heavy atom. The van der Waals surface area contributed by atoms with E-state index in [0.29, 0.717) is 31.1 Å². The average molecular weight is 736 g/mol. The predicted octanol–water partition coefficient (Wildman–Crippen LogP) is 8.92. The number of rotatable bonds is 16. The van der Waals surface area contributed by atoms with E-state index in [0.717, 1.165) is 115 Å². The number of nitrogens with zero attached hydrogens (tertiary/aromatic N) is 2. The van der Waals surface area contributed by atoms with Gasteiger partial charge in [0, 0.05) is 60.0 Å². The van der Waals surface area contributed by atoms with Crippen LogP contribution in [0.4, 0.5) is 11.4 Å². The molecule has 1 amide bonds. The zero-order valence-electron chi connectivity index (χ0n) is 31.4. The molecule has 3 heterocycles. The number of hydrogen-bond acceptors (Lipinski definition) is 7. The third-order valence-corrected chi connectivity index (χ3v) is 11.3. The van der Waals surface area contributed by atoms with Crippen LogP contribution in [0.2, 0.25) is 0 Å². The Balaban J connectivity index is 1.17. The highest BCUT2D eigenvalue weighted by molar-refractivity contribution is 7.84. The van der Waals surface area contributed by atoms with Crippen LogP contribution in [0.1, 0.15) is 74.8 Å². The van der Waals surface area contributed by atoms with Gasteiger partial charge in [0.05, 0.1) is 29.3 Å². The van der Waals surface area contributed by atoms with E-state index in [1.165, 1.54) is 5.56 Å². The Labute approximate surface area is 317 Å². The fourth-order valence-corrected chi connectivity index (χ4v) is 8.07. The summed E-state index contributed by atoms with van der Waals surface area (Å²) in [6, 6.07) is 24.1. The standard InChI is InChI=1S/C44H53N3O5S/c1-4-6-22-50-24-25-52-40-16-11-34(12-17-40)35-13-20-43-37(27-35)28-36(9-7-21-47(43)30-41-10-8-23-51-41)44(48)46-39-14-18-42(19-15-39)53(49)31-38-29-45-32(3)26-33(38)5-2/h11-20,26-29,41H,4-10,21-25,30-31H2,1-3H3,(H,46,48)/b36-28+. The summed E-state index contributed by atoms with van der Waals surface area (Å²) < 4.78 is 30.8. The Bertz CT molecular complexity index is 1870. The largest absolute Gasteiger partial charge is 0.491 e. The normalized spacial score (nSPS) is 17.3. The van der Waals surface area contributed by atoms with Gasteiger partial charge in [-0.2, -0.15) is 0 Å². The number of carbonyl (C=O) groups excluding carboxylic acids is 1. The smallest absolute Gasteiger partial charge is 0.251 e. The molecule has 2 aliphatic rings. The molecule has 1 fully saturated rings. The first kappa shape index (κ1) is 38.4. The highest BCUT2D eigenvalue weighted by atomic mass is 32.2. The van der Waals surface area contributed by atoms with E-state index < -0.39 is 10.8 Å². The van der Waals surface area contributed by atoms with Crippen molar-refractivity contribution in [2.45, 2.75) is 82.5 Å². The van der Waals surface area contributed by atoms with Gasteiger partial charge in [-0.15, -0.1) is 0 Å². The first-order valence-electron chi connectivity index (χ1n) is 19.2. The molecule has 2 atom stereocenters. The Morgan fingerprint density at radius 1 is 0.962 bits per heavy atom. The molecule has 2 aliphatic heterocycles. The molecule has 0 spiro atoms. The van der Waals surface area contributed by atoms with Crippen molar-refractivity contribution in [3.05, 3.63) is 107 Å². The molecular weight excluding hydrogens is 683 g/mol. The number of hydrogen-bond donors (Lipinski definition) is 1. The number of amides is 1. The van der Waals surface area contributed by atoms with E-state index in [2.05, 4.69) is 71.5 Å². The molecular formula is C44H53N3O5S. The van der Waals surface area contributed by atoms with Crippen LogP contribution >= 0.6 is 0 Å². The summed E-state index contributed by atoms with van der Waals surface area (Å²) in [4.78, 5) is 21.4. The Morgan fingerprint density at radius 3 is 2.53 bits per heavy atom. The number of aromatic nitrogens is 1. The van der Waals surface area contributed by atoms with Crippen LogP contribution in [0.3, 0.4) is 0 Å². The number of carbonyl (C=O) groups is 1. The lowest BCUT2D eigenvalue weighted by molar-refractivity contribution is -0.112. The fourth-order valence-electron chi connectivity index (χ4n) is 6.92. The van der Waals surface area contributed by atoms with Crippen molar-refractivity contribution >= 4 is 34.2 Å². The van der Waals surface area contributed by atoms with Crippen molar-refractivity contribution in [3.8, 4) is 16.9 Å². The first-order valence-corrected chi connectivity index (χ1v) is 20.5. The van der Waals surface area contributed by atoms with Gasteiger partial charge >= 0.3 is 0 Å². The molecule has 1 aromatic heterocycles. The van der Waals surface area contributed by atoms with Gasteiger partial charge in [0.2, 0.25) is 0 Å². The van der Waals surface area contributed by atoms with Crippen molar-refractivity contribution < 1.29 is 23.2 Å². The summed E-state index contributed by atoms with van der Waals surface area (Å²) in [7, 11) is -1.23. The van der Waals surface area contributed by atoms with Crippen LogP contribution in [-0.2, 0) is 37.2 Å². The van der Waals surface area contributed by atoms with Crippen LogP contribution < -0.4 is 15.0 Å². The molecule has 0 bridgehead atoms. The molecule has 0 aliphatic carbocycles. The molecule has 9 heteroatoms. The molecule has 0 saturated carbocycles. The zero-order chi connectivity index (χ0) is 37.0. The number of anilines is 2. The number of nitrogens with one attached hydrogen (secondary N) is 1. The van der Waals surface area contributed by atoms with Crippen molar-refractivity contribution in [1.29, 1.82) is 0 Å². The van der Waals surface area contributed by atoms with Gasteiger partial charge in [-0.3, -0.25) is 14.0 Å². The number of fused-ring (bicyclic) bond motifs is 1. The molecule has 8 nitrogen and oxygen atoms in total. The molecule has 3 aromatic carbocycles. The zero-order valence-corrected chi connectivity index (χ0v) is 32.2. The molecule has 1 saturated heterocycles. The van der Waals surface area contributed by atoms with Crippen molar-refractivity contribution in [2.24, 2.45) is 0 Å². The maximum absolute atomic E-state index is 13.8. The van der Waals surface area contributed by atoms with Crippen molar-refractivity contribution in [3.63, 3.8) is 0 Å². The number of benzene rings is 3. The lowest BCUT2D eigenvalue weighted by Gasteiger charge is -2.31. The monoisotopic (exact) mass is 735 g/mol. The third kappa shape index (κ3) is 10.6. The summed E-state index contributed by atoms with van der Waals surface area (Å²) in [5.41, 5.74) is 8.83. The topological polar surface area (TPSA) is 90.0 Å². The van der Waals surface area contributed by atoms with Crippen LogP contribution in [0.25, 0.3) is 17.2 Å². The SMILES string of the molecule is CCCCOCCOc1ccc(-c2ccc3c(c2)/C=C(/C(=O)Nc2ccc(S(=O)Cc4cnc(C)cc4CC)cc2)CCCN3CC2CCCO2)cc1. The van der Waals surface area contributed by atoms with Crippen LogP contribution in [0, 0.1) is 6.92 Å². The van der Waals surface area contributed by atoms with E-state index >= 15 is 0 Å². The van der Waals surface area contributed by atoms with Crippen LogP contribution in [0.15, 0.2) is 89.5 Å². The highest BCUT2D eigenvalue weighted by Gasteiger charge is 2.24. The van der Waals surface area contributed by atoms with Crippen LogP contribution in [0.5, 0.6) is 5.75 Å². The number of pyridine rings is 1. The lowest BCUT2D eigenvalue weighted by Crippen LogP contribution is -2.34. The summed E-state index contributed by atoms with van der Waals surface area (Å²) in [5.74, 6) is 1.10. The highest BCUT2D eigenvalue weighted by Crippen LogP contribution is 2.34. The van der Waals surface area contributed by atoms with Gasteiger partial charge in [-0.05, 0) is 134 Å². The van der Waals surface area contributed by atoms with E-state index in [1.807, 2.05) is 49.5 Å². The molecule has 280 valence electrons. The number of unbranched alkanes of at least 4 members (excludes halogenated alkanes) is 1. The summed E-state index contributed by atoms with van der Waals surface area (Å²) in [6.07, 6.45) is 10.8. The van der Waals surface area contributed by atoms with Crippen molar-refractivity contribution in [2.75, 3.05) is 49.7 Å². The first-order chi connectivity index (χ1) is 25.9. The van der Waals surface area contributed by atoms with E-state index in [9.17, 15) is 9.00 Å². The predicted molar refractivity (Wildman–Crippen MR) is 215 cm³/mol. The van der Waals surface area contributed by atoms with Gasteiger partial charge in [0.15, 0.2) is 0 Å². The van der Waals surface area contributed by atoms with Gasteiger partial charge in [-0.25, -0.2) is 0 Å². The van der Waals surface area contributed by atoms with E-state index in [1.54, 1.807) is 0 Å². The van der Waals surface area contributed by atoms with Gasteiger partial charge in [0.25, 0.3) is 5.91 Å². The Kier molecular flexibility index (Phi) is 13.9. The van der Waals surface area contributed by atoms with Gasteiger partial charge in [-0.1, -0.05) is 38.5 Å². The minimum absolute atomic E-state index is 0.124. The minimum atomic E-state index is -1.23. The average Bonchev–Trinajstić information content (AvgIpc) is 3.69. The molecule has 4 aromatic rings. The molecule has 0 radical (unpaired) electrons. The minimum Gasteiger partial charge on any atom is -0.491 e. The number of aryl methyl sites for hydroxylation is 2. The van der Waals surface area contributed by atoms with Gasteiger partial charge < -0.3 is 24.4 Å². The molecule has 6 rings (SSSR count). The molecule has 53 heavy (non-hydrogen) atoms. The van der Waals surface area contributed by atoms with Crippen LogP contribution in [-0.4, -0.2) is 60.7 Å². The van der Waals surface area contributed by atoms with Gasteiger partial charge in [0.1, 0.15) is 12.4 Å². The second-order valence-electron chi connectivity index (χ2n) is 13.9. The maximum Gasteiger partial charge on any atom is 0.251 e. The second kappa shape index (κ2) is 19.1. The van der Waals surface area contributed by atoms with E-state index in [4.69, 9.17) is 14.2 Å². The third-order valence-electron chi connectivity index (χ3n) is 9.90. The molecule has 2 unspecified atom stereocenters. The van der Waals surface area contributed by atoms with E-state index in [-0.39, 0.29) is 12.0 Å². The summed E-state index contributed by atoms with van der Waals surface area (Å²) in [6.45, 7) is 10.6. The maximum atomic E-state index is 13.8. The van der Waals surface area contributed by atoms with Crippen molar-refractivity contribution in [1.82, 2.24) is 4.98 Å². The molecule has 1 N–H and O–H groups in total. The fraction of sp³-hybridized carbons (Fsp3) is 0.409. The quantitative estimate of drug-likeness (QED) is 0.115. The second-order valence-corrected chi connectivity index (χ2v) is 15.3. The number of ether oxygens (including phenoxy) is 3. The lowest BCUT2D eigenvalue weighted by atomic mass is 9.96. The summed E-state index contributed by atoms with van der Waals surface area (Å²) >= 11 is 0.